The standard InChI is InChI=1S/C18H21NO5/c1-22-15-8-9-16(23-2)14(10-15)11-17(20)19-18(21)24-12-13-6-4-3-5-7-13/h3-10,17,20H,11-12H2,1-2H3,(H,19,21). The third-order valence-electron chi connectivity index (χ3n) is 3.40. The number of aliphatic hydroxyl groups excluding tert-OH is 1. The zero-order valence-electron chi connectivity index (χ0n) is 13.7. The number of aliphatic hydroxyl groups is 1. The molecule has 2 aromatic rings. The van der Waals surface area contributed by atoms with E-state index < -0.39 is 12.3 Å². The van der Waals surface area contributed by atoms with Gasteiger partial charge in [0.05, 0.1) is 14.2 Å². The van der Waals surface area contributed by atoms with Crippen molar-refractivity contribution >= 4 is 6.09 Å². The minimum atomic E-state index is -1.10. The van der Waals surface area contributed by atoms with Gasteiger partial charge in [0.15, 0.2) is 0 Å². The van der Waals surface area contributed by atoms with Crippen LogP contribution in [0.2, 0.25) is 0 Å². The number of carbonyl (C=O) groups excluding carboxylic acids is 1. The lowest BCUT2D eigenvalue weighted by Gasteiger charge is -2.16. The molecule has 2 aromatic carbocycles. The number of ether oxygens (including phenoxy) is 3. The Morgan fingerprint density at radius 1 is 1.12 bits per heavy atom. The minimum Gasteiger partial charge on any atom is -0.497 e. The monoisotopic (exact) mass is 331 g/mol. The van der Waals surface area contributed by atoms with Crippen LogP contribution in [0.3, 0.4) is 0 Å². The maximum Gasteiger partial charge on any atom is 0.409 e. The van der Waals surface area contributed by atoms with E-state index in [0.29, 0.717) is 17.1 Å². The number of alkyl carbamates (subject to hydrolysis) is 1. The highest BCUT2D eigenvalue weighted by Gasteiger charge is 2.14. The molecule has 0 saturated carbocycles. The molecule has 0 bridgehead atoms. The van der Waals surface area contributed by atoms with Crippen LogP contribution in [0.25, 0.3) is 0 Å². The third-order valence-corrected chi connectivity index (χ3v) is 3.40. The van der Waals surface area contributed by atoms with Crippen LogP contribution in [0.5, 0.6) is 11.5 Å². The summed E-state index contributed by atoms with van der Waals surface area (Å²) in [5.74, 6) is 1.25. The molecule has 1 unspecified atom stereocenters. The maximum atomic E-state index is 11.7. The number of carbonyl (C=O) groups is 1. The molecule has 1 atom stereocenters. The molecule has 1 amide bonds. The Kier molecular flexibility index (Phi) is 6.45. The van der Waals surface area contributed by atoms with Crippen LogP contribution in [-0.4, -0.2) is 31.6 Å². The van der Waals surface area contributed by atoms with E-state index in [9.17, 15) is 9.90 Å². The van der Waals surface area contributed by atoms with Crippen LogP contribution in [0.4, 0.5) is 4.79 Å². The Hall–Kier alpha value is -2.73. The molecule has 2 N–H and O–H groups in total. The largest absolute Gasteiger partial charge is 0.497 e. The predicted octanol–water partition coefficient (Wildman–Crippen LogP) is 2.49. The molecule has 0 aliphatic heterocycles. The van der Waals surface area contributed by atoms with Crippen molar-refractivity contribution in [2.75, 3.05) is 14.2 Å². The van der Waals surface area contributed by atoms with Gasteiger partial charge in [0, 0.05) is 12.0 Å². The summed E-state index contributed by atoms with van der Waals surface area (Å²) in [6.45, 7) is 0.141. The zero-order valence-corrected chi connectivity index (χ0v) is 13.7. The Morgan fingerprint density at radius 2 is 1.88 bits per heavy atom. The summed E-state index contributed by atoms with van der Waals surface area (Å²) >= 11 is 0. The SMILES string of the molecule is COc1ccc(OC)c(CC(O)NC(=O)OCc2ccccc2)c1. The predicted molar refractivity (Wildman–Crippen MR) is 89.0 cm³/mol. The molecule has 24 heavy (non-hydrogen) atoms. The summed E-state index contributed by atoms with van der Waals surface area (Å²) in [4.78, 5) is 11.7. The molecular formula is C18H21NO5. The Labute approximate surface area is 141 Å². The van der Waals surface area contributed by atoms with E-state index in [1.54, 1.807) is 32.4 Å². The second-order valence-corrected chi connectivity index (χ2v) is 5.10. The fourth-order valence-electron chi connectivity index (χ4n) is 2.20. The molecule has 0 aliphatic carbocycles. The number of nitrogens with one attached hydrogen (secondary N) is 1. The number of rotatable bonds is 7. The normalized spacial score (nSPS) is 11.5. The van der Waals surface area contributed by atoms with E-state index in [0.717, 1.165) is 5.56 Å². The molecule has 6 nitrogen and oxygen atoms in total. The summed E-state index contributed by atoms with van der Waals surface area (Å²) < 4.78 is 15.5. The van der Waals surface area contributed by atoms with Gasteiger partial charge in [-0.3, -0.25) is 5.32 Å². The van der Waals surface area contributed by atoms with E-state index in [4.69, 9.17) is 14.2 Å². The van der Waals surface area contributed by atoms with Gasteiger partial charge in [0.2, 0.25) is 0 Å². The lowest BCUT2D eigenvalue weighted by atomic mass is 10.1. The molecule has 0 aliphatic rings. The zero-order chi connectivity index (χ0) is 17.4. The lowest BCUT2D eigenvalue weighted by Crippen LogP contribution is -2.36. The Morgan fingerprint density at radius 3 is 2.54 bits per heavy atom. The fourth-order valence-corrected chi connectivity index (χ4v) is 2.20. The van der Waals surface area contributed by atoms with Crippen LogP contribution in [0, 0.1) is 0 Å². The molecule has 0 spiro atoms. The maximum absolute atomic E-state index is 11.7. The van der Waals surface area contributed by atoms with E-state index in [1.165, 1.54) is 0 Å². The van der Waals surface area contributed by atoms with Crippen molar-refractivity contribution in [3.63, 3.8) is 0 Å². The average molecular weight is 331 g/mol. The number of hydrogen-bond acceptors (Lipinski definition) is 5. The van der Waals surface area contributed by atoms with Crippen LogP contribution < -0.4 is 14.8 Å². The first-order chi connectivity index (χ1) is 11.6. The van der Waals surface area contributed by atoms with Crippen molar-refractivity contribution in [3.8, 4) is 11.5 Å². The first-order valence-corrected chi connectivity index (χ1v) is 7.48. The average Bonchev–Trinajstić information content (AvgIpc) is 2.60. The summed E-state index contributed by atoms with van der Waals surface area (Å²) in [7, 11) is 3.10. The molecule has 0 fully saturated rings. The number of benzene rings is 2. The molecule has 2 rings (SSSR count). The van der Waals surface area contributed by atoms with Crippen LogP contribution in [-0.2, 0) is 17.8 Å². The third kappa shape index (κ3) is 5.17. The van der Waals surface area contributed by atoms with E-state index in [2.05, 4.69) is 5.32 Å². The van der Waals surface area contributed by atoms with Gasteiger partial charge in [0.25, 0.3) is 0 Å². The van der Waals surface area contributed by atoms with Gasteiger partial charge in [0.1, 0.15) is 24.3 Å². The van der Waals surface area contributed by atoms with Gasteiger partial charge < -0.3 is 19.3 Å². The second kappa shape index (κ2) is 8.79. The molecule has 0 saturated heterocycles. The number of hydrogen-bond donors (Lipinski definition) is 2. The van der Waals surface area contributed by atoms with Gasteiger partial charge in [-0.25, -0.2) is 4.79 Å². The molecule has 128 valence electrons. The smallest absolute Gasteiger partial charge is 0.409 e. The van der Waals surface area contributed by atoms with E-state index >= 15 is 0 Å². The molecule has 0 heterocycles. The summed E-state index contributed by atoms with van der Waals surface area (Å²) in [6, 6.07) is 14.6. The number of methoxy groups -OCH3 is 2. The highest BCUT2D eigenvalue weighted by molar-refractivity contribution is 5.67. The molecule has 0 radical (unpaired) electrons. The van der Waals surface area contributed by atoms with Crippen LogP contribution in [0.1, 0.15) is 11.1 Å². The summed E-state index contributed by atoms with van der Waals surface area (Å²) in [5.41, 5.74) is 1.59. The van der Waals surface area contributed by atoms with Gasteiger partial charge in [-0.1, -0.05) is 30.3 Å². The molecule has 0 aromatic heterocycles. The van der Waals surface area contributed by atoms with Crippen molar-refractivity contribution < 1.29 is 24.1 Å². The van der Waals surface area contributed by atoms with Crippen molar-refractivity contribution in [1.82, 2.24) is 5.32 Å². The van der Waals surface area contributed by atoms with Crippen LogP contribution >= 0.6 is 0 Å². The van der Waals surface area contributed by atoms with Gasteiger partial charge in [-0.05, 0) is 23.8 Å². The first-order valence-electron chi connectivity index (χ1n) is 7.48. The highest BCUT2D eigenvalue weighted by atomic mass is 16.6. The fraction of sp³-hybridized carbons (Fsp3) is 0.278. The lowest BCUT2D eigenvalue weighted by molar-refractivity contribution is 0.0945. The van der Waals surface area contributed by atoms with Gasteiger partial charge >= 0.3 is 6.09 Å². The Balaban J connectivity index is 1.88. The second-order valence-electron chi connectivity index (χ2n) is 5.10. The van der Waals surface area contributed by atoms with Crippen molar-refractivity contribution in [2.45, 2.75) is 19.3 Å². The van der Waals surface area contributed by atoms with Crippen molar-refractivity contribution in [3.05, 3.63) is 59.7 Å². The summed E-state index contributed by atoms with van der Waals surface area (Å²) in [5, 5.41) is 12.4. The quantitative estimate of drug-likeness (QED) is 0.762. The highest BCUT2D eigenvalue weighted by Crippen LogP contribution is 2.24. The molecular weight excluding hydrogens is 310 g/mol. The first kappa shape index (κ1) is 17.6. The van der Waals surface area contributed by atoms with Crippen molar-refractivity contribution in [1.29, 1.82) is 0 Å². The Bertz CT molecular complexity index is 660. The van der Waals surface area contributed by atoms with E-state index in [1.807, 2.05) is 30.3 Å². The minimum absolute atomic E-state index is 0.141. The summed E-state index contributed by atoms with van der Waals surface area (Å²) in [6.07, 6.45) is -1.62. The van der Waals surface area contributed by atoms with Crippen molar-refractivity contribution in [2.24, 2.45) is 0 Å². The number of amides is 1. The molecule has 6 heteroatoms. The topological polar surface area (TPSA) is 77.0 Å². The van der Waals surface area contributed by atoms with Gasteiger partial charge in [-0.2, -0.15) is 0 Å². The van der Waals surface area contributed by atoms with Crippen LogP contribution in [0.15, 0.2) is 48.5 Å². The van der Waals surface area contributed by atoms with E-state index in [-0.39, 0.29) is 13.0 Å². The van der Waals surface area contributed by atoms with Gasteiger partial charge in [-0.15, -0.1) is 0 Å².